The van der Waals surface area contributed by atoms with Crippen LogP contribution in [0, 0.1) is 0 Å². The Morgan fingerprint density at radius 1 is 0.571 bits per heavy atom. The number of hydrogen-bond donors (Lipinski definition) is 0. The first kappa shape index (κ1) is 18.7. The summed E-state index contributed by atoms with van der Waals surface area (Å²) < 4.78 is 7.12. The molecular formula is C25H19AsBr2. The number of hydrogen-bond acceptors (Lipinski definition) is 0. The summed E-state index contributed by atoms with van der Waals surface area (Å²) in [7, 11) is 0. The molecule has 0 unspecified atom stereocenters. The van der Waals surface area contributed by atoms with Gasteiger partial charge in [-0.1, -0.05) is 0 Å². The van der Waals surface area contributed by atoms with Crippen molar-refractivity contribution in [2.24, 2.45) is 0 Å². The molecule has 0 saturated heterocycles. The molecule has 0 radical (unpaired) electrons. The third kappa shape index (κ3) is 3.30. The van der Waals surface area contributed by atoms with E-state index in [1.807, 2.05) is 0 Å². The normalized spacial score (nSPS) is 16.8. The number of benzene rings is 3. The van der Waals surface area contributed by atoms with Crippen molar-refractivity contribution >= 4 is 59.6 Å². The van der Waals surface area contributed by atoms with Crippen LogP contribution in [0.3, 0.4) is 0 Å². The minimum atomic E-state index is -1.60. The Morgan fingerprint density at radius 2 is 1.04 bits per heavy atom. The molecule has 3 aromatic carbocycles. The summed E-state index contributed by atoms with van der Waals surface area (Å²) in [6.45, 7) is 0. The topological polar surface area (TPSA) is 0 Å². The first-order valence-electron chi connectivity index (χ1n) is 9.56. The van der Waals surface area contributed by atoms with Gasteiger partial charge in [-0.25, -0.2) is 0 Å². The Bertz CT molecular complexity index is 1010. The van der Waals surface area contributed by atoms with Gasteiger partial charge in [0, 0.05) is 0 Å². The molecule has 1 aliphatic carbocycles. The molecule has 0 amide bonds. The summed E-state index contributed by atoms with van der Waals surface area (Å²) in [6, 6.07) is 29.2. The van der Waals surface area contributed by atoms with E-state index >= 15 is 0 Å². The van der Waals surface area contributed by atoms with Crippen LogP contribution in [0.4, 0.5) is 0 Å². The molecule has 3 heteroatoms. The van der Waals surface area contributed by atoms with Crippen LogP contribution in [-0.4, -0.2) is 14.7 Å². The van der Waals surface area contributed by atoms with E-state index < -0.39 is 14.7 Å². The molecule has 0 aromatic heterocycles. The molecule has 3 aromatic rings. The van der Waals surface area contributed by atoms with Gasteiger partial charge < -0.3 is 0 Å². The fraction of sp³-hybridized carbons (Fsp3) is 0.120. The van der Waals surface area contributed by atoms with Gasteiger partial charge in [-0.15, -0.1) is 0 Å². The second-order valence-electron chi connectivity index (χ2n) is 7.19. The summed E-state index contributed by atoms with van der Waals surface area (Å²) in [4.78, 5) is 0. The van der Waals surface area contributed by atoms with E-state index in [1.165, 1.54) is 34.7 Å². The van der Waals surface area contributed by atoms with Crippen molar-refractivity contribution in [1.29, 1.82) is 0 Å². The monoisotopic (exact) mass is 552 g/mol. The number of allylic oxidation sites excluding steroid dienone is 2. The molecule has 1 fully saturated rings. The minimum absolute atomic E-state index is 1.14. The van der Waals surface area contributed by atoms with Crippen molar-refractivity contribution < 1.29 is 0 Å². The van der Waals surface area contributed by atoms with Gasteiger partial charge in [0.1, 0.15) is 0 Å². The predicted octanol–water partition coefficient (Wildman–Crippen LogP) is 7.10. The van der Waals surface area contributed by atoms with Gasteiger partial charge >= 0.3 is 189 Å². The Hall–Kier alpha value is -1.34. The molecule has 1 saturated carbocycles. The fourth-order valence-corrected chi connectivity index (χ4v) is 11.3. The summed E-state index contributed by atoms with van der Waals surface area (Å²) in [5.74, 6) is 0. The van der Waals surface area contributed by atoms with Gasteiger partial charge in [0.05, 0.1) is 0 Å². The second-order valence-corrected chi connectivity index (χ2v) is 13.4. The molecule has 0 spiro atoms. The van der Waals surface area contributed by atoms with E-state index in [0.29, 0.717) is 0 Å². The Balaban J connectivity index is 1.74. The third-order valence-electron chi connectivity index (χ3n) is 5.49. The molecule has 1 aliphatic heterocycles. The van der Waals surface area contributed by atoms with Gasteiger partial charge in [0.15, 0.2) is 0 Å². The first-order valence-corrected chi connectivity index (χ1v) is 14.0. The van der Waals surface area contributed by atoms with Crippen LogP contribution in [0.15, 0.2) is 99.0 Å². The van der Waals surface area contributed by atoms with Crippen LogP contribution >= 0.6 is 31.9 Å². The quantitative estimate of drug-likeness (QED) is 0.304. The van der Waals surface area contributed by atoms with Crippen molar-refractivity contribution in [3.63, 3.8) is 0 Å². The molecule has 28 heavy (non-hydrogen) atoms. The standard InChI is InChI=1S/C25H19AsBr2/c27-20-13-9-17(10-14-20)24-22-7-4-8-23(22)25(18-11-15-21(28)16-12-18)26(24)19-5-2-1-3-6-19/h1-3,5-6,9-16H,4,7-8H2. The third-order valence-corrected chi connectivity index (χ3v) is 12.3. The summed E-state index contributed by atoms with van der Waals surface area (Å²) in [5, 5.41) is 0. The van der Waals surface area contributed by atoms with Gasteiger partial charge in [-0.05, 0) is 0 Å². The number of fused-ring (bicyclic) bond motifs is 1. The second kappa shape index (κ2) is 7.82. The molecule has 2 aliphatic rings. The first-order chi connectivity index (χ1) is 13.7. The molecule has 0 bridgehead atoms. The molecule has 0 atom stereocenters. The summed E-state index contributed by atoms with van der Waals surface area (Å²) in [6.07, 6.45) is 3.72. The fourth-order valence-electron chi connectivity index (χ4n) is 4.31. The average Bonchev–Trinajstić information content (AvgIpc) is 3.31. The number of halogens is 2. The van der Waals surface area contributed by atoms with Crippen LogP contribution in [-0.2, 0) is 0 Å². The molecule has 0 nitrogen and oxygen atoms in total. The summed E-state index contributed by atoms with van der Waals surface area (Å²) >= 11 is 5.62. The number of rotatable bonds is 3. The van der Waals surface area contributed by atoms with E-state index in [1.54, 1.807) is 19.9 Å². The Kier molecular flexibility index (Phi) is 5.22. The SMILES string of the molecule is Brc1ccc(C2=C3CCCC3=C(c3ccc(Br)cc3)[As]2c2ccccc2)cc1. The van der Waals surface area contributed by atoms with Crippen molar-refractivity contribution in [1.82, 2.24) is 0 Å². The predicted molar refractivity (Wildman–Crippen MR) is 128 cm³/mol. The zero-order valence-electron chi connectivity index (χ0n) is 15.3. The van der Waals surface area contributed by atoms with E-state index in [4.69, 9.17) is 0 Å². The van der Waals surface area contributed by atoms with Gasteiger partial charge in [-0.3, -0.25) is 0 Å². The van der Waals surface area contributed by atoms with Crippen LogP contribution in [0.2, 0.25) is 0 Å². The van der Waals surface area contributed by atoms with Crippen LogP contribution in [0.5, 0.6) is 0 Å². The van der Waals surface area contributed by atoms with Gasteiger partial charge in [-0.2, -0.15) is 0 Å². The molecule has 5 rings (SSSR count). The van der Waals surface area contributed by atoms with Crippen LogP contribution in [0.1, 0.15) is 30.4 Å². The van der Waals surface area contributed by atoms with E-state index in [-0.39, 0.29) is 0 Å². The Morgan fingerprint density at radius 3 is 1.50 bits per heavy atom. The molecule has 0 N–H and O–H groups in total. The zero-order chi connectivity index (χ0) is 19.1. The molecule has 138 valence electrons. The van der Waals surface area contributed by atoms with Crippen LogP contribution in [0.25, 0.3) is 8.72 Å². The molecular weight excluding hydrogens is 535 g/mol. The van der Waals surface area contributed by atoms with Crippen LogP contribution < -0.4 is 4.35 Å². The Labute approximate surface area is 187 Å². The van der Waals surface area contributed by atoms with Gasteiger partial charge in [0.25, 0.3) is 0 Å². The van der Waals surface area contributed by atoms with E-state index in [9.17, 15) is 0 Å². The van der Waals surface area contributed by atoms with Gasteiger partial charge in [0.2, 0.25) is 0 Å². The maximum atomic E-state index is 3.61. The van der Waals surface area contributed by atoms with Crippen molar-refractivity contribution in [3.05, 3.63) is 110 Å². The van der Waals surface area contributed by atoms with Crippen molar-refractivity contribution in [2.75, 3.05) is 0 Å². The zero-order valence-corrected chi connectivity index (χ0v) is 20.4. The molecule has 1 heterocycles. The average molecular weight is 554 g/mol. The summed E-state index contributed by atoms with van der Waals surface area (Å²) in [5.41, 5.74) is 6.11. The van der Waals surface area contributed by atoms with Crippen molar-refractivity contribution in [2.45, 2.75) is 19.3 Å². The maximum absolute atomic E-state index is 3.61. The van der Waals surface area contributed by atoms with Crippen molar-refractivity contribution in [3.8, 4) is 0 Å². The van der Waals surface area contributed by atoms with E-state index in [0.717, 1.165) is 8.95 Å². The van der Waals surface area contributed by atoms with E-state index in [2.05, 4.69) is 111 Å².